The van der Waals surface area contributed by atoms with E-state index >= 15 is 0 Å². The maximum absolute atomic E-state index is 12.9. The Hall–Kier alpha value is -3.57. The van der Waals surface area contributed by atoms with E-state index in [-0.39, 0.29) is 10.8 Å². The zero-order valence-corrected chi connectivity index (χ0v) is 18.7. The van der Waals surface area contributed by atoms with E-state index in [0.29, 0.717) is 40.9 Å². The van der Waals surface area contributed by atoms with E-state index in [9.17, 15) is 13.2 Å². The quantitative estimate of drug-likeness (QED) is 0.447. The Morgan fingerprint density at radius 1 is 1.12 bits per heavy atom. The van der Waals surface area contributed by atoms with Gasteiger partial charge in [-0.1, -0.05) is 18.2 Å². The Bertz CT molecular complexity index is 1430. The number of aromatic amines is 1. The average molecular weight is 467 g/mol. The number of rotatable bonds is 6. The molecule has 5 rings (SSSR count). The van der Waals surface area contributed by atoms with E-state index < -0.39 is 22.0 Å². The number of benzene rings is 2. The molecular weight excluding hydrogens is 444 g/mol. The summed E-state index contributed by atoms with van der Waals surface area (Å²) in [4.78, 5) is 20.1. The summed E-state index contributed by atoms with van der Waals surface area (Å²) in [5.74, 6) is 0.174. The summed E-state index contributed by atoms with van der Waals surface area (Å²) < 4.78 is 32.9. The van der Waals surface area contributed by atoms with Gasteiger partial charge in [0.25, 0.3) is 11.9 Å². The van der Waals surface area contributed by atoms with Crippen molar-refractivity contribution in [3.8, 4) is 5.75 Å². The highest BCUT2D eigenvalue weighted by Crippen LogP contribution is 2.28. The Labute approximate surface area is 190 Å². The van der Waals surface area contributed by atoms with Crippen LogP contribution in [-0.2, 0) is 14.8 Å². The lowest BCUT2D eigenvalue weighted by Crippen LogP contribution is -2.30. The average Bonchev–Trinajstić information content (AvgIpc) is 3.47. The van der Waals surface area contributed by atoms with Crippen LogP contribution < -0.4 is 10.1 Å². The van der Waals surface area contributed by atoms with Crippen molar-refractivity contribution in [1.29, 1.82) is 0 Å². The van der Waals surface area contributed by atoms with Crippen LogP contribution in [0.15, 0.2) is 53.4 Å². The Balaban J connectivity index is 1.39. The van der Waals surface area contributed by atoms with E-state index in [1.54, 1.807) is 37.3 Å². The Morgan fingerprint density at radius 2 is 1.88 bits per heavy atom. The van der Waals surface area contributed by atoms with E-state index in [4.69, 9.17) is 4.74 Å². The molecule has 170 valence electrons. The molecule has 1 aliphatic rings. The number of hydrogen-bond acceptors (Lipinski definition) is 7. The number of nitrogens with one attached hydrogen (secondary N) is 2. The van der Waals surface area contributed by atoms with Gasteiger partial charge in [-0.05, 0) is 50.1 Å². The van der Waals surface area contributed by atoms with Crippen LogP contribution >= 0.6 is 0 Å². The Kier molecular flexibility index (Phi) is 5.43. The van der Waals surface area contributed by atoms with Gasteiger partial charge < -0.3 is 9.72 Å². The number of hydrogen-bond donors (Lipinski definition) is 2. The highest BCUT2D eigenvalue weighted by molar-refractivity contribution is 7.89. The topological polar surface area (TPSA) is 130 Å². The van der Waals surface area contributed by atoms with E-state index in [1.807, 2.05) is 18.2 Å². The SMILES string of the molecule is CC(Oc1ccccc1)C(=O)Nc1nnc2c(n1)[nH]c1ccc(S(=O)(=O)N3CCCC3)cc12. The standard InChI is InChI=1S/C22H22N6O4S/c1-14(32-15-7-3-2-4-8-15)21(29)25-22-24-20-19(26-27-22)17-13-16(9-10-18(17)23-20)33(30,31)28-11-5-6-12-28/h2-4,7-10,13-14H,5-6,11-12H2,1H3,(H2,23,24,25,27,29). The van der Waals surface area contributed by atoms with Crippen LogP contribution in [0.3, 0.4) is 0 Å². The summed E-state index contributed by atoms with van der Waals surface area (Å²) in [5.41, 5.74) is 1.49. The summed E-state index contributed by atoms with van der Waals surface area (Å²) in [6.45, 7) is 2.69. The minimum absolute atomic E-state index is 0.0208. The summed E-state index contributed by atoms with van der Waals surface area (Å²) in [6, 6.07) is 13.9. The molecule has 1 unspecified atom stereocenters. The molecule has 1 atom stereocenters. The number of H-pyrrole nitrogens is 1. The predicted octanol–water partition coefficient (Wildman–Crippen LogP) is 2.70. The lowest BCUT2D eigenvalue weighted by atomic mass is 10.2. The van der Waals surface area contributed by atoms with Crippen molar-refractivity contribution in [3.05, 3.63) is 48.5 Å². The number of anilines is 1. The largest absolute Gasteiger partial charge is 0.481 e. The maximum Gasteiger partial charge on any atom is 0.267 e. The van der Waals surface area contributed by atoms with Gasteiger partial charge >= 0.3 is 0 Å². The number of carbonyl (C=O) groups excluding carboxylic acids is 1. The molecule has 10 nitrogen and oxygen atoms in total. The van der Waals surface area contributed by atoms with Crippen LogP contribution in [0.25, 0.3) is 22.1 Å². The fourth-order valence-corrected chi connectivity index (χ4v) is 5.35. The molecule has 1 amide bonds. The number of sulfonamides is 1. The first-order chi connectivity index (χ1) is 15.9. The van der Waals surface area contributed by atoms with Gasteiger partial charge in [0.15, 0.2) is 11.8 Å². The molecule has 0 aliphatic carbocycles. The summed E-state index contributed by atoms with van der Waals surface area (Å²) in [5, 5.41) is 11.4. The predicted molar refractivity (Wildman–Crippen MR) is 122 cm³/mol. The number of amides is 1. The van der Waals surface area contributed by atoms with Gasteiger partial charge in [0.05, 0.1) is 4.90 Å². The summed E-state index contributed by atoms with van der Waals surface area (Å²) in [6.07, 6.45) is 0.966. The van der Waals surface area contributed by atoms with Gasteiger partial charge in [0, 0.05) is 24.0 Å². The van der Waals surface area contributed by atoms with Crippen LogP contribution in [-0.4, -0.2) is 58.0 Å². The monoisotopic (exact) mass is 466 g/mol. The number of fused-ring (bicyclic) bond motifs is 3. The fourth-order valence-electron chi connectivity index (χ4n) is 3.81. The first-order valence-electron chi connectivity index (χ1n) is 10.6. The number of carbonyl (C=O) groups is 1. The Morgan fingerprint density at radius 3 is 2.64 bits per heavy atom. The maximum atomic E-state index is 12.9. The molecule has 1 saturated heterocycles. The van der Waals surface area contributed by atoms with Gasteiger partial charge in [-0.2, -0.15) is 9.29 Å². The van der Waals surface area contributed by atoms with Crippen LogP contribution in [0.2, 0.25) is 0 Å². The lowest BCUT2D eigenvalue weighted by molar-refractivity contribution is -0.122. The first-order valence-corrected chi connectivity index (χ1v) is 12.0. The van der Waals surface area contributed by atoms with Gasteiger partial charge in [-0.25, -0.2) is 8.42 Å². The fraction of sp³-hybridized carbons (Fsp3) is 0.273. The molecule has 2 aromatic carbocycles. The summed E-state index contributed by atoms with van der Waals surface area (Å²) >= 11 is 0. The van der Waals surface area contributed by atoms with Gasteiger partial charge in [-0.15, -0.1) is 10.2 Å². The van der Waals surface area contributed by atoms with E-state index in [1.165, 1.54) is 4.31 Å². The van der Waals surface area contributed by atoms with E-state index in [2.05, 4.69) is 25.5 Å². The number of ether oxygens (including phenoxy) is 1. The minimum atomic E-state index is -3.56. The second-order valence-corrected chi connectivity index (χ2v) is 9.78. The normalized spacial score (nSPS) is 15.7. The smallest absolute Gasteiger partial charge is 0.267 e. The van der Waals surface area contributed by atoms with Gasteiger partial charge in [0.1, 0.15) is 11.3 Å². The van der Waals surface area contributed by atoms with Crippen molar-refractivity contribution >= 4 is 43.9 Å². The van der Waals surface area contributed by atoms with Crippen LogP contribution in [0.1, 0.15) is 19.8 Å². The highest BCUT2D eigenvalue weighted by Gasteiger charge is 2.27. The molecule has 1 fully saturated rings. The zero-order valence-electron chi connectivity index (χ0n) is 17.9. The van der Waals surface area contributed by atoms with Crippen molar-refractivity contribution in [2.45, 2.75) is 30.8 Å². The van der Waals surface area contributed by atoms with Crippen molar-refractivity contribution in [2.24, 2.45) is 0 Å². The zero-order chi connectivity index (χ0) is 23.0. The third-order valence-electron chi connectivity index (χ3n) is 5.55. The molecule has 0 spiro atoms. The molecule has 33 heavy (non-hydrogen) atoms. The third-order valence-corrected chi connectivity index (χ3v) is 7.44. The van der Waals surface area contributed by atoms with Crippen LogP contribution in [0.5, 0.6) is 5.75 Å². The molecule has 0 saturated carbocycles. The van der Waals surface area contributed by atoms with Crippen molar-refractivity contribution in [1.82, 2.24) is 24.5 Å². The third kappa shape index (κ3) is 4.12. The molecular formula is C22H22N6O4S. The number of para-hydroxylation sites is 1. The van der Waals surface area contributed by atoms with Crippen LogP contribution in [0, 0.1) is 0 Å². The van der Waals surface area contributed by atoms with Crippen molar-refractivity contribution in [3.63, 3.8) is 0 Å². The van der Waals surface area contributed by atoms with Gasteiger partial charge in [0.2, 0.25) is 10.0 Å². The molecule has 0 radical (unpaired) electrons. The minimum Gasteiger partial charge on any atom is -0.481 e. The van der Waals surface area contributed by atoms with Gasteiger partial charge in [-0.3, -0.25) is 10.1 Å². The molecule has 1 aliphatic heterocycles. The van der Waals surface area contributed by atoms with Crippen molar-refractivity contribution in [2.75, 3.05) is 18.4 Å². The molecule has 2 N–H and O–H groups in total. The molecule has 11 heteroatoms. The van der Waals surface area contributed by atoms with Crippen molar-refractivity contribution < 1.29 is 17.9 Å². The highest BCUT2D eigenvalue weighted by atomic mass is 32.2. The van der Waals surface area contributed by atoms with E-state index in [0.717, 1.165) is 12.8 Å². The lowest BCUT2D eigenvalue weighted by Gasteiger charge is -2.15. The number of aromatic nitrogens is 4. The van der Waals surface area contributed by atoms with Crippen LogP contribution in [0.4, 0.5) is 5.95 Å². The number of nitrogens with zero attached hydrogens (tertiary/aromatic N) is 4. The molecule has 3 heterocycles. The second kappa shape index (κ2) is 8.41. The molecule has 2 aromatic heterocycles. The molecule has 0 bridgehead atoms. The summed E-state index contributed by atoms with van der Waals surface area (Å²) in [7, 11) is -3.56. The first kappa shape index (κ1) is 21.3. The second-order valence-electron chi connectivity index (χ2n) is 7.84. The molecule has 4 aromatic rings.